The average molecular weight is 416 g/mol. The number of rotatable bonds is 7. The SMILES string of the molecule is C=CCN1C(=O)N[C@@H](c2cccc(F)c2)C(C(=O)OCC)=C1CN1CCCC[C@@H]1C. The van der Waals surface area contributed by atoms with E-state index in [9.17, 15) is 14.0 Å². The molecule has 0 aromatic heterocycles. The zero-order valence-corrected chi connectivity index (χ0v) is 17.7. The second-order valence-electron chi connectivity index (χ2n) is 7.73. The second-order valence-corrected chi connectivity index (χ2v) is 7.73. The third-order valence-corrected chi connectivity index (χ3v) is 5.72. The minimum Gasteiger partial charge on any atom is -0.463 e. The number of carbonyl (C=O) groups is 2. The van der Waals surface area contributed by atoms with E-state index >= 15 is 0 Å². The lowest BCUT2D eigenvalue weighted by Gasteiger charge is -2.40. The summed E-state index contributed by atoms with van der Waals surface area (Å²) >= 11 is 0. The Balaban J connectivity index is 2.12. The Kier molecular flexibility index (Phi) is 7.26. The third-order valence-electron chi connectivity index (χ3n) is 5.72. The van der Waals surface area contributed by atoms with Gasteiger partial charge in [0, 0.05) is 24.8 Å². The standard InChI is InChI=1S/C23H30FN3O3/c1-4-12-27-19(15-26-13-7-6-9-16(26)3)20(22(28)30-5-2)21(25-23(27)29)17-10-8-11-18(24)14-17/h4,8,10-11,14,16,21H,1,5-7,9,12-13,15H2,2-3H3,(H,25,29)/t16-,21-/m0/s1. The zero-order chi connectivity index (χ0) is 21.7. The molecule has 2 aliphatic rings. The van der Waals surface area contributed by atoms with Crippen LogP contribution in [0, 0.1) is 5.82 Å². The molecular weight excluding hydrogens is 385 g/mol. The molecule has 2 aliphatic heterocycles. The van der Waals surface area contributed by atoms with Crippen molar-refractivity contribution in [3.05, 3.63) is 59.6 Å². The number of esters is 1. The van der Waals surface area contributed by atoms with Gasteiger partial charge >= 0.3 is 12.0 Å². The fourth-order valence-electron chi connectivity index (χ4n) is 4.17. The topological polar surface area (TPSA) is 61.9 Å². The van der Waals surface area contributed by atoms with Crippen molar-refractivity contribution >= 4 is 12.0 Å². The maximum absolute atomic E-state index is 13.9. The Morgan fingerprint density at radius 3 is 2.87 bits per heavy atom. The van der Waals surface area contributed by atoms with Crippen LogP contribution in [0.4, 0.5) is 9.18 Å². The van der Waals surface area contributed by atoms with Crippen LogP contribution in [-0.4, -0.2) is 54.1 Å². The Hall–Kier alpha value is -2.67. The number of nitrogens with one attached hydrogen (secondary N) is 1. The number of nitrogens with zero attached hydrogens (tertiary/aromatic N) is 2. The van der Waals surface area contributed by atoms with Crippen LogP contribution in [0.15, 0.2) is 48.2 Å². The molecule has 1 N–H and O–H groups in total. The predicted molar refractivity (Wildman–Crippen MR) is 113 cm³/mol. The van der Waals surface area contributed by atoms with Crippen LogP contribution in [0.1, 0.15) is 44.7 Å². The number of ether oxygens (including phenoxy) is 1. The van der Waals surface area contributed by atoms with E-state index in [2.05, 4.69) is 23.7 Å². The summed E-state index contributed by atoms with van der Waals surface area (Å²) < 4.78 is 19.3. The highest BCUT2D eigenvalue weighted by molar-refractivity contribution is 5.95. The summed E-state index contributed by atoms with van der Waals surface area (Å²) in [5.74, 6) is -0.926. The molecule has 0 radical (unpaired) electrons. The molecule has 0 saturated carbocycles. The first kappa shape index (κ1) is 22.0. The van der Waals surface area contributed by atoms with Gasteiger partial charge in [0.2, 0.25) is 0 Å². The van der Waals surface area contributed by atoms with Crippen molar-refractivity contribution in [2.45, 2.75) is 45.2 Å². The van der Waals surface area contributed by atoms with Crippen molar-refractivity contribution in [1.82, 2.24) is 15.1 Å². The first-order chi connectivity index (χ1) is 14.5. The van der Waals surface area contributed by atoms with Crippen molar-refractivity contribution < 1.29 is 18.7 Å². The van der Waals surface area contributed by atoms with Crippen LogP contribution < -0.4 is 5.32 Å². The molecule has 0 spiro atoms. The van der Waals surface area contributed by atoms with Crippen LogP contribution >= 0.6 is 0 Å². The second kappa shape index (κ2) is 9.89. The van der Waals surface area contributed by atoms with Gasteiger partial charge in [0.05, 0.1) is 18.2 Å². The van der Waals surface area contributed by atoms with Crippen LogP contribution in [0.2, 0.25) is 0 Å². The molecule has 3 rings (SSSR count). The van der Waals surface area contributed by atoms with Gasteiger partial charge in [0.25, 0.3) is 0 Å². The number of carbonyl (C=O) groups excluding carboxylic acids is 2. The van der Waals surface area contributed by atoms with Crippen molar-refractivity contribution in [1.29, 1.82) is 0 Å². The highest BCUT2D eigenvalue weighted by Crippen LogP contribution is 2.33. The van der Waals surface area contributed by atoms with Crippen molar-refractivity contribution in [3.63, 3.8) is 0 Å². The van der Waals surface area contributed by atoms with Gasteiger partial charge in [-0.05, 0) is 50.9 Å². The maximum Gasteiger partial charge on any atom is 0.338 e. The Morgan fingerprint density at radius 2 is 2.20 bits per heavy atom. The van der Waals surface area contributed by atoms with Crippen LogP contribution in [0.25, 0.3) is 0 Å². The summed E-state index contributed by atoms with van der Waals surface area (Å²) in [5.41, 5.74) is 1.45. The molecule has 2 amide bonds. The van der Waals surface area contributed by atoms with Gasteiger partial charge in [-0.25, -0.2) is 14.0 Å². The van der Waals surface area contributed by atoms with Crippen molar-refractivity contribution in [2.24, 2.45) is 0 Å². The summed E-state index contributed by atoms with van der Waals surface area (Å²) in [7, 11) is 0. The first-order valence-corrected chi connectivity index (χ1v) is 10.5. The van der Waals surface area contributed by atoms with Crippen molar-refractivity contribution in [2.75, 3.05) is 26.2 Å². The number of hydrogen-bond acceptors (Lipinski definition) is 4. The van der Waals surface area contributed by atoms with Gasteiger partial charge < -0.3 is 10.1 Å². The van der Waals surface area contributed by atoms with E-state index in [0.717, 1.165) is 19.4 Å². The van der Waals surface area contributed by atoms with E-state index in [0.29, 0.717) is 29.4 Å². The largest absolute Gasteiger partial charge is 0.463 e. The van der Waals surface area contributed by atoms with E-state index in [1.807, 2.05) is 0 Å². The normalized spacial score (nSPS) is 22.6. The van der Waals surface area contributed by atoms with Crippen LogP contribution in [-0.2, 0) is 9.53 Å². The Labute approximate surface area is 177 Å². The highest BCUT2D eigenvalue weighted by atomic mass is 19.1. The molecule has 30 heavy (non-hydrogen) atoms. The fraction of sp³-hybridized carbons (Fsp3) is 0.478. The van der Waals surface area contributed by atoms with E-state index < -0.39 is 17.8 Å². The van der Waals surface area contributed by atoms with E-state index in [-0.39, 0.29) is 19.2 Å². The number of amides is 2. The molecule has 6 nitrogen and oxygen atoms in total. The third kappa shape index (κ3) is 4.73. The first-order valence-electron chi connectivity index (χ1n) is 10.5. The molecule has 2 heterocycles. The molecule has 1 fully saturated rings. The summed E-state index contributed by atoms with van der Waals surface area (Å²) in [5, 5.41) is 2.86. The molecule has 1 aromatic carbocycles. The zero-order valence-electron chi connectivity index (χ0n) is 17.7. The Bertz CT molecular complexity index is 839. The number of halogens is 1. The Morgan fingerprint density at radius 1 is 1.40 bits per heavy atom. The molecule has 0 unspecified atom stereocenters. The smallest absolute Gasteiger partial charge is 0.338 e. The predicted octanol–water partition coefficient (Wildman–Crippen LogP) is 3.77. The van der Waals surface area contributed by atoms with Crippen LogP contribution in [0.3, 0.4) is 0 Å². The van der Waals surface area contributed by atoms with Gasteiger partial charge in [0.1, 0.15) is 5.82 Å². The number of piperidine rings is 1. The fourth-order valence-corrected chi connectivity index (χ4v) is 4.17. The number of urea groups is 1. The van der Waals surface area contributed by atoms with Gasteiger partial charge in [-0.2, -0.15) is 0 Å². The average Bonchev–Trinajstić information content (AvgIpc) is 2.72. The summed E-state index contributed by atoms with van der Waals surface area (Å²) in [6.07, 6.45) is 4.95. The van der Waals surface area contributed by atoms with Gasteiger partial charge in [0.15, 0.2) is 0 Å². The molecule has 162 valence electrons. The lowest BCUT2D eigenvalue weighted by molar-refractivity contribution is -0.139. The molecule has 0 aliphatic carbocycles. The molecule has 0 bridgehead atoms. The summed E-state index contributed by atoms with van der Waals surface area (Å²) in [6.45, 7) is 9.48. The number of hydrogen-bond donors (Lipinski definition) is 1. The lowest BCUT2D eigenvalue weighted by Crippen LogP contribution is -2.52. The quantitative estimate of drug-likeness (QED) is 0.544. The van der Waals surface area contributed by atoms with Crippen molar-refractivity contribution in [3.8, 4) is 0 Å². The van der Waals surface area contributed by atoms with Gasteiger partial charge in [-0.15, -0.1) is 6.58 Å². The summed E-state index contributed by atoms with van der Waals surface area (Å²) in [4.78, 5) is 29.9. The molecular formula is C23H30FN3O3. The van der Waals surface area contributed by atoms with E-state index in [1.54, 1.807) is 25.1 Å². The van der Waals surface area contributed by atoms with Gasteiger partial charge in [-0.1, -0.05) is 24.6 Å². The highest BCUT2D eigenvalue weighted by Gasteiger charge is 2.39. The van der Waals surface area contributed by atoms with Gasteiger partial charge in [-0.3, -0.25) is 9.80 Å². The monoisotopic (exact) mass is 415 g/mol. The molecule has 7 heteroatoms. The summed E-state index contributed by atoms with van der Waals surface area (Å²) in [6, 6.07) is 5.19. The van der Waals surface area contributed by atoms with E-state index in [4.69, 9.17) is 4.74 Å². The lowest BCUT2D eigenvalue weighted by atomic mass is 9.93. The minimum atomic E-state index is -0.775. The number of likely N-dealkylation sites (tertiary alicyclic amines) is 1. The molecule has 1 saturated heterocycles. The molecule has 2 atom stereocenters. The molecule has 1 aromatic rings. The van der Waals surface area contributed by atoms with E-state index in [1.165, 1.54) is 23.5 Å². The maximum atomic E-state index is 13.9. The van der Waals surface area contributed by atoms with Crippen LogP contribution in [0.5, 0.6) is 0 Å². The minimum absolute atomic E-state index is 0.209. The number of benzene rings is 1.